The Bertz CT molecular complexity index is 1460. The highest BCUT2D eigenvalue weighted by molar-refractivity contribution is 8.02. The first-order valence-electron chi connectivity index (χ1n) is 9.80. The number of carbonyl (C=O) groups is 1. The number of cyclic esters (lactones) is 1. The fourth-order valence-corrected chi connectivity index (χ4v) is 5.60. The molecule has 0 aliphatic carbocycles. The summed E-state index contributed by atoms with van der Waals surface area (Å²) in [7, 11) is 0. The predicted octanol–water partition coefficient (Wildman–Crippen LogP) is 2.88. The first-order chi connectivity index (χ1) is 14.8. The van der Waals surface area contributed by atoms with E-state index in [0.29, 0.717) is 21.8 Å². The number of nitrogens with two attached hydrogens (primary N) is 1. The summed E-state index contributed by atoms with van der Waals surface area (Å²) in [4.78, 5) is 30.9. The molecule has 3 aliphatic heterocycles. The van der Waals surface area contributed by atoms with E-state index in [1.54, 1.807) is 17.6 Å². The number of esters is 1. The third-order valence-electron chi connectivity index (χ3n) is 6.38. The zero-order valence-electron chi connectivity index (χ0n) is 16.4. The van der Waals surface area contributed by atoms with E-state index >= 15 is 0 Å². The van der Waals surface area contributed by atoms with Gasteiger partial charge in [0.1, 0.15) is 12.4 Å². The zero-order valence-corrected chi connectivity index (χ0v) is 17.2. The SMILES string of the molecule is CC[C@@]1(O)C(=O)OCc2c1cc1n(c2=O)Cc2c-1nc1cc(F)c(N)c3c1c2C=CS3. The lowest BCUT2D eigenvalue weighted by Crippen LogP contribution is -2.44. The molecule has 1 atom stereocenters. The van der Waals surface area contributed by atoms with Gasteiger partial charge in [-0.1, -0.05) is 18.7 Å². The molecule has 31 heavy (non-hydrogen) atoms. The minimum absolute atomic E-state index is 0.0682. The van der Waals surface area contributed by atoms with Gasteiger partial charge >= 0.3 is 5.97 Å². The van der Waals surface area contributed by atoms with E-state index in [2.05, 4.69) is 4.98 Å². The van der Waals surface area contributed by atoms with Crippen molar-refractivity contribution in [2.45, 2.75) is 37.0 Å². The van der Waals surface area contributed by atoms with Crippen LogP contribution in [0.1, 0.15) is 35.6 Å². The summed E-state index contributed by atoms with van der Waals surface area (Å²) in [5.41, 5.74) is 7.48. The molecule has 7 nitrogen and oxygen atoms in total. The molecule has 0 fully saturated rings. The quantitative estimate of drug-likeness (QED) is 0.348. The number of carbonyl (C=O) groups excluding carboxylic acids is 1. The van der Waals surface area contributed by atoms with Gasteiger partial charge in [-0.3, -0.25) is 4.79 Å². The summed E-state index contributed by atoms with van der Waals surface area (Å²) in [5.74, 6) is -1.32. The zero-order chi connectivity index (χ0) is 21.7. The van der Waals surface area contributed by atoms with Gasteiger partial charge in [0.2, 0.25) is 0 Å². The number of halogens is 1. The van der Waals surface area contributed by atoms with Crippen LogP contribution in [0, 0.1) is 5.82 Å². The van der Waals surface area contributed by atoms with E-state index in [1.165, 1.54) is 17.8 Å². The number of thioether (sulfide) groups is 1. The van der Waals surface area contributed by atoms with E-state index in [-0.39, 0.29) is 41.9 Å². The van der Waals surface area contributed by atoms with Crippen LogP contribution in [0.15, 0.2) is 27.2 Å². The van der Waals surface area contributed by atoms with Crippen LogP contribution >= 0.6 is 11.8 Å². The van der Waals surface area contributed by atoms with Gasteiger partial charge in [-0.05, 0) is 29.5 Å². The Morgan fingerprint density at radius 2 is 2.16 bits per heavy atom. The highest BCUT2D eigenvalue weighted by Gasteiger charge is 2.45. The van der Waals surface area contributed by atoms with Gasteiger partial charge in [0, 0.05) is 27.5 Å². The Morgan fingerprint density at radius 3 is 2.94 bits per heavy atom. The van der Waals surface area contributed by atoms with Gasteiger partial charge < -0.3 is 20.1 Å². The van der Waals surface area contributed by atoms with Crippen LogP contribution in [0.25, 0.3) is 28.4 Å². The first kappa shape index (κ1) is 18.6. The maximum atomic E-state index is 14.4. The number of hydrogen-bond acceptors (Lipinski definition) is 7. The summed E-state index contributed by atoms with van der Waals surface area (Å²) in [6.07, 6.45) is 1.99. The van der Waals surface area contributed by atoms with E-state index in [9.17, 15) is 19.1 Å². The lowest BCUT2D eigenvalue weighted by molar-refractivity contribution is -0.172. The number of anilines is 1. The van der Waals surface area contributed by atoms with Gasteiger partial charge in [-0.2, -0.15) is 0 Å². The molecule has 6 rings (SSSR count). The minimum atomic E-state index is -1.89. The van der Waals surface area contributed by atoms with Crippen LogP contribution < -0.4 is 11.3 Å². The lowest BCUT2D eigenvalue weighted by Gasteiger charge is -2.31. The van der Waals surface area contributed by atoms with Gasteiger partial charge in [-0.25, -0.2) is 14.2 Å². The first-order valence-corrected chi connectivity index (χ1v) is 10.7. The van der Waals surface area contributed by atoms with Crippen LogP contribution in [0.5, 0.6) is 0 Å². The summed E-state index contributed by atoms with van der Waals surface area (Å²) in [5, 5.41) is 13.6. The van der Waals surface area contributed by atoms with E-state index in [0.717, 1.165) is 16.5 Å². The average Bonchev–Trinajstić information content (AvgIpc) is 3.14. The molecule has 156 valence electrons. The summed E-state index contributed by atoms with van der Waals surface area (Å²) in [6.45, 7) is 1.75. The van der Waals surface area contributed by atoms with Gasteiger partial charge in [0.15, 0.2) is 5.60 Å². The van der Waals surface area contributed by atoms with Crippen molar-refractivity contribution in [3.63, 3.8) is 0 Å². The summed E-state index contributed by atoms with van der Waals surface area (Å²) >= 11 is 1.34. The van der Waals surface area contributed by atoms with Gasteiger partial charge in [-0.15, -0.1) is 0 Å². The number of pyridine rings is 2. The number of aliphatic hydroxyl groups is 1. The molecule has 9 heteroatoms. The fraction of sp³-hybridized carbons (Fsp3) is 0.227. The van der Waals surface area contributed by atoms with Crippen LogP contribution in [-0.4, -0.2) is 20.6 Å². The highest BCUT2D eigenvalue weighted by atomic mass is 32.2. The smallest absolute Gasteiger partial charge is 0.343 e. The van der Waals surface area contributed by atoms with Crippen LogP contribution in [0.3, 0.4) is 0 Å². The van der Waals surface area contributed by atoms with Crippen LogP contribution in [0.2, 0.25) is 0 Å². The molecule has 3 aromatic rings. The molecule has 0 saturated heterocycles. The van der Waals surface area contributed by atoms with Crippen molar-refractivity contribution in [3.8, 4) is 11.4 Å². The van der Waals surface area contributed by atoms with Crippen molar-refractivity contribution in [1.29, 1.82) is 0 Å². The topological polar surface area (TPSA) is 107 Å². The molecule has 0 bridgehead atoms. The molecule has 2 aromatic heterocycles. The second kappa shape index (κ2) is 5.95. The molecular weight excluding hydrogens is 421 g/mol. The minimum Gasteiger partial charge on any atom is -0.458 e. The Morgan fingerprint density at radius 1 is 1.35 bits per heavy atom. The normalized spacial score (nSPS) is 20.4. The molecule has 1 aromatic carbocycles. The lowest BCUT2D eigenvalue weighted by atomic mass is 9.86. The van der Waals surface area contributed by atoms with Crippen molar-refractivity contribution in [2.75, 3.05) is 5.73 Å². The van der Waals surface area contributed by atoms with E-state index in [4.69, 9.17) is 10.5 Å². The fourth-order valence-electron chi connectivity index (χ4n) is 4.70. The molecule has 3 aliphatic rings. The predicted molar refractivity (Wildman–Crippen MR) is 114 cm³/mol. The molecule has 0 amide bonds. The number of ether oxygens (including phenoxy) is 1. The molecular formula is C22H16FN3O4S. The van der Waals surface area contributed by atoms with Crippen molar-refractivity contribution < 1.29 is 19.0 Å². The Balaban J connectivity index is 1.70. The van der Waals surface area contributed by atoms with E-state index in [1.807, 2.05) is 11.5 Å². The molecule has 0 spiro atoms. The van der Waals surface area contributed by atoms with E-state index < -0.39 is 17.4 Å². The second-order valence-electron chi connectivity index (χ2n) is 7.87. The van der Waals surface area contributed by atoms with Crippen LogP contribution in [0.4, 0.5) is 10.1 Å². The summed E-state index contributed by atoms with van der Waals surface area (Å²) < 4.78 is 21.1. The van der Waals surface area contributed by atoms with Crippen LogP contribution in [-0.2, 0) is 28.3 Å². The van der Waals surface area contributed by atoms with Gasteiger partial charge in [0.25, 0.3) is 5.56 Å². The van der Waals surface area contributed by atoms with Crippen molar-refractivity contribution in [2.24, 2.45) is 0 Å². The Labute approximate surface area is 179 Å². The maximum absolute atomic E-state index is 14.4. The number of rotatable bonds is 1. The monoisotopic (exact) mass is 437 g/mol. The highest BCUT2D eigenvalue weighted by Crippen LogP contribution is 2.46. The number of hydrogen-bond donors (Lipinski definition) is 2. The molecule has 0 unspecified atom stereocenters. The number of nitrogens with zero attached hydrogens (tertiary/aromatic N) is 2. The standard InChI is InChI=1S/C22H16FN3O4S/c1-2-22(29)12-5-15-18-10(7-26(15)20(27)11(12)8-30-21(22)28)9-3-4-31-19-16(9)14(25-18)6-13(23)17(19)24/h3-6,29H,2,7-8,24H2,1H3/t22-/m0/s1. The molecule has 5 heterocycles. The Hall–Kier alpha value is -3.17. The molecule has 3 N–H and O–H groups in total. The number of fused-ring (bicyclic) bond motifs is 5. The van der Waals surface area contributed by atoms with Crippen molar-refractivity contribution >= 4 is 40.4 Å². The maximum Gasteiger partial charge on any atom is 0.343 e. The summed E-state index contributed by atoms with van der Waals surface area (Å²) in [6, 6.07) is 2.95. The van der Waals surface area contributed by atoms with Crippen molar-refractivity contribution in [1.82, 2.24) is 9.55 Å². The number of aromatic nitrogens is 2. The molecule has 0 radical (unpaired) electrons. The third kappa shape index (κ3) is 2.19. The largest absolute Gasteiger partial charge is 0.458 e. The number of benzene rings is 1. The molecule has 0 saturated carbocycles. The second-order valence-corrected chi connectivity index (χ2v) is 8.79. The number of nitrogen functional groups attached to an aromatic ring is 1. The third-order valence-corrected chi connectivity index (χ3v) is 7.32. The van der Waals surface area contributed by atoms with Gasteiger partial charge in [0.05, 0.1) is 34.7 Å². The Kier molecular flexibility index (Phi) is 3.57. The van der Waals surface area contributed by atoms with Crippen molar-refractivity contribution in [3.05, 3.63) is 56.0 Å². The average molecular weight is 437 g/mol.